The number of rotatable bonds is 2. The molecule has 1 aromatic rings. The number of esters is 1. The SMILES string of the molecule is CC(C)(C)OC(=O)C1CCCCC1.O=C1CCC(c2cnc(=O)[nH]c2)C(=O)N1.[HH]. The van der Waals surface area contributed by atoms with Crippen LogP contribution in [-0.2, 0) is 19.1 Å². The normalized spacial score (nSPS) is 20.6. The maximum Gasteiger partial charge on any atom is 0.344 e. The van der Waals surface area contributed by atoms with Crippen LogP contribution in [-0.4, -0.2) is 33.4 Å². The number of ether oxygens (including phenoxy) is 1. The van der Waals surface area contributed by atoms with Gasteiger partial charge in [0.2, 0.25) is 11.8 Å². The number of nitrogens with zero attached hydrogens (tertiary/aromatic N) is 1. The average molecular weight is 393 g/mol. The van der Waals surface area contributed by atoms with Gasteiger partial charge in [0.05, 0.1) is 11.8 Å². The Bertz CT molecular complexity index is 746. The molecule has 0 radical (unpaired) electrons. The summed E-state index contributed by atoms with van der Waals surface area (Å²) in [6.45, 7) is 5.77. The highest BCUT2D eigenvalue weighted by Crippen LogP contribution is 2.26. The number of imide groups is 1. The number of hydrogen-bond donors (Lipinski definition) is 2. The Kier molecular flexibility index (Phi) is 7.48. The van der Waals surface area contributed by atoms with Crippen molar-refractivity contribution in [3.63, 3.8) is 0 Å². The van der Waals surface area contributed by atoms with Crippen molar-refractivity contribution < 1.29 is 20.5 Å². The number of carbonyl (C=O) groups excluding carboxylic acids is 3. The van der Waals surface area contributed by atoms with Gasteiger partial charge in [0, 0.05) is 20.2 Å². The van der Waals surface area contributed by atoms with Crippen LogP contribution in [0, 0.1) is 5.92 Å². The number of piperidine rings is 1. The Hall–Kier alpha value is -2.51. The van der Waals surface area contributed by atoms with Crippen LogP contribution in [0.2, 0.25) is 0 Å². The lowest BCUT2D eigenvalue weighted by Crippen LogP contribution is -2.39. The Morgan fingerprint density at radius 3 is 2.36 bits per heavy atom. The number of H-pyrrole nitrogens is 1. The topological polar surface area (TPSA) is 118 Å². The zero-order valence-electron chi connectivity index (χ0n) is 16.7. The Balaban J connectivity index is 0.000000284. The minimum atomic E-state index is -0.453. The van der Waals surface area contributed by atoms with Gasteiger partial charge in [-0.15, -0.1) is 0 Å². The van der Waals surface area contributed by atoms with Crippen molar-refractivity contribution in [1.29, 1.82) is 0 Å². The molecule has 0 aromatic carbocycles. The van der Waals surface area contributed by atoms with Crippen molar-refractivity contribution in [2.75, 3.05) is 0 Å². The lowest BCUT2D eigenvalue weighted by molar-refractivity contribution is -0.161. The fourth-order valence-corrected chi connectivity index (χ4v) is 3.28. The second-order valence-corrected chi connectivity index (χ2v) is 8.22. The van der Waals surface area contributed by atoms with Gasteiger partial charge >= 0.3 is 11.7 Å². The molecule has 2 amide bonds. The first-order valence-electron chi connectivity index (χ1n) is 9.77. The smallest absolute Gasteiger partial charge is 0.344 e. The highest BCUT2D eigenvalue weighted by molar-refractivity contribution is 6.00. The Morgan fingerprint density at radius 2 is 1.82 bits per heavy atom. The third-order valence-corrected chi connectivity index (χ3v) is 4.68. The number of aromatic amines is 1. The first kappa shape index (κ1) is 21.8. The molecule has 2 fully saturated rings. The molecule has 1 atom stereocenters. The molecule has 1 saturated carbocycles. The van der Waals surface area contributed by atoms with E-state index in [0.717, 1.165) is 12.8 Å². The molecule has 0 bridgehead atoms. The van der Waals surface area contributed by atoms with Gasteiger partial charge in [-0.05, 0) is 45.6 Å². The van der Waals surface area contributed by atoms with Crippen LogP contribution in [0.3, 0.4) is 0 Å². The van der Waals surface area contributed by atoms with E-state index in [-0.39, 0.29) is 30.7 Å². The molecule has 8 heteroatoms. The van der Waals surface area contributed by atoms with Crippen molar-refractivity contribution in [3.05, 3.63) is 28.4 Å². The summed E-state index contributed by atoms with van der Waals surface area (Å²) in [5, 5.41) is 2.24. The van der Waals surface area contributed by atoms with Crippen molar-refractivity contribution in [2.45, 2.75) is 77.2 Å². The van der Waals surface area contributed by atoms with Crippen molar-refractivity contribution in [1.82, 2.24) is 15.3 Å². The van der Waals surface area contributed by atoms with Crippen LogP contribution in [0.15, 0.2) is 17.2 Å². The van der Waals surface area contributed by atoms with E-state index in [2.05, 4.69) is 15.3 Å². The minimum absolute atomic E-state index is 0. The standard InChI is InChI=1S/C11H20O2.C9H9N3O3.H2/c1-11(2,3)13-10(12)9-7-5-4-6-8-9;13-7-2-1-6(8(14)12-7)5-3-10-9(15)11-4-5;/h9H,4-8H2,1-3H3;3-4,6H,1-2H2,(H,10,11,15)(H,12,13,14);1H. The number of carbonyl (C=O) groups is 3. The second kappa shape index (κ2) is 9.61. The molecule has 156 valence electrons. The van der Waals surface area contributed by atoms with E-state index in [1.54, 1.807) is 0 Å². The summed E-state index contributed by atoms with van der Waals surface area (Å²) in [6.07, 6.45) is 9.28. The van der Waals surface area contributed by atoms with Crippen LogP contribution in [0.5, 0.6) is 0 Å². The molecule has 1 aromatic heterocycles. The van der Waals surface area contributed by atoms with Crippen molar-refractivity contribution in [2.24, 2.45) is 5.92 Å². The quantitative estimate of drug-likeness (QED) is 0.588. The molecular weight excluding hydrogens is 362 g/mol. The Labute approximate surface area is 165 Å². The predicted octanol–water partition coefficient (Wildman–Crippen LogP) is 2.44. The molecule has 8 nitrogen and oxygen atoms in total. The molecule has 1 unspecified atom stereocenters. The number of amides is 2. The highest BCUT2D eigenvalue weighted by Gasteiger charge is 2.28. The number of nitrogens with one attached hydrogen (secondary N) is 2. The monoisotopic (exact) mass is 393 g/mol. The van der Waals surface area contributed by atoms with Crippen LogP contribution in [0.25, 0.3) is 0 Å². The molecular formula is C20H31N3O5. The van der Waals surface area contributed by atoms with Gasteiger partial charge in [-0.2, -0.15) is 0 Å². The Morgan fingerprint density at radius 1 is 1.14 bits per heavy atom. The van der Waals surface area contributed by atoms with Gasteiger partial charge in [0.1, 0.15) is 5.60 Å². The molecule has 1 aliphatic carbocycles. The lowest BCUT2D eigenvalue weighted by atomic mass is 9.89. The summed E-state index contributed by atoms with van der Waals surface area (Å²) in [6, 6.07) is 0. The first-order chi connectivity index (χ1) is 13.2. The average Bonchev–Trinajstić information content (AvgIpc) is 2.63. The molecule has 3 rings (SSSR count). The van der Waals surface area contributed by atoms with Gasteiger partial charge in [0.15, 0.2) is 0 Å². The van der Waals surface area contributed by atoms with Crippen LogP contribution < -0.4 is 11.0 Å². The zero-order chi connectivity index (χ0) is 20.7. The second-order valence-electron chi connectivity index (χ2n) is 8.22. The molecule has 28 heavy (non-hydrogen) atoms. The summed E-state index contributed by atoms with van der Waals surface area (Å²) in [7, 11) is 0. The van der Waals surface area contributed by atoms with Gasteiger partial charge in [0.25, 0.3) is 0 Å². The molecule has 1 saturated heterocycles. The zero-order valence-corrected chi connectivity index (χ0v) is 16.7. The summed E-state index contributed by atoms with van der Waals surface area (Å²) in [5.41, 5.74) is -0.153. The van der Waals surface area contributed by atoms with Gasteiger partial charge in [-0.25, -0.2) is 9.78 Å². The van der Waals surface area contributed by atoms with E-state index in [9.17, 15) is 19.2 Å². The van der Waals surface area contributed by atoms with Gasteiger partial charge in [-0.1, -0.05) is 19.3 Å². The number of hydrogen-bond acceptors (Lipinski definition) is 6. The van der Waals surface area contributed by atoms with Gasteiger partial charge < -0.3 is 9.72 Å². The molecule has 0 spiro atoms. The van der Waals surface area contributed by atoms with E-state index in [1.165, 1.54) is 31.7 Å². The fraction of sp³-hybridized carbons (Fsp3) is 0.650. The number of aromatic nitrogens is 2. The summed E-state index contributed by atoms with van der Waals surface area (Å²) < 4.78 is 5.34. The lowest BCUT2D eigenvalue weighted by Gasteiger charge is -2.25. The van der Waals surface area contributed by atoms with Gasteiger partial charge in [-0.3, -0.25) is 19.7 Å². The first-order valence-corrected chi connectivity index (χ1v) is 9.77. The third kappa shape index (κ3) is 6.90. The van der Waals surface area contributed by atoms with Crippen molar-refractivity contribution >= 4 is 17.8 Å². The van der Waals surface area contributed by atoms with E-state index >= 15 is 0 Å². The van der Waals surface area contributed by atoms with E-state index < -0.39 is 11.6 Å². The van der Waals surface area contributed by atoms with E-state index in [0.29, 0.717) is 18.4 Å². The molecule has 2 N–H and O–H groups in total. The predicted molar refractivity (Wildman–Crippen MR) is 105 cm³/mol. The maximum absolute atomic E-state index is 11.6. The fourth-order valence-electron chi connectivity index (χ4n) is 3.28. The highest BCUT2D eigenvalue weighted by atomic mass is 16.6. The summed E-state index contributed by atoms with van der Waals surface area (Å²) in [4.78, 5) is 50.6. The molecule has 2 aliphatic rings. The minimum Gasteiger partial charge on any atom is -0.460 e. The maximum atomic E-state index is 11.6. The van der Waals surface area contributed by atoms with Crippen molar-refractivity contribution in [3.8, 4) is 0 Å². The van der Waals surface area contributed by atoms with E-state index in [4.69, 9.17) is 4.74 Å². The summed E-state index contributed by atoms with van der Waals surface area (Å²) >= 11 is 0. The van der Waals surface area contributed by atoms with Crippen LogP contribution in [0.4, 0.5) is 0 Å². The van der Waals surface area contributed by atoms with E-state index in [1.807, 2.05) is 20.8 Å². The summed E-state index contributed by atoms with van der Waals surface area (Å²) in [5.74, 6) is -0.805. The van der Waals surface area contributed by atoms with Crippen LogP contribution >= 0.6 is 0 Å². The third-order valence-electron chi connectivity index (χ3n) is 4.68. The molecule has 2 heterocycles. The van der Waals surface area contributed by atoms with Crippen LogP contribution in [0.1, 0.15) is 78.6 Å². The largest absolute Gasteiger partial charge is 0.460 e. The molecule has 1 aliphatic heterocycles.